The van der Waals surface area contributed by atoms with E-state index in [4.69, 9.17) is 5.26 Å². The molecule has 0 aliphatic carbocycles. The first-order valence-electron chi connectivity index (χ1n) is 6.14. The molecule has 0 bridgehead atoms. The maximum absolute atomic E-state index is 11.6. The first-order chi connectivity index (χ1) is 8.77. The highest BCUT2D eigenvalue weighted by Crippen LogP contribution is 2.15. The van der Waals surface area contributed by atoms with Crippen LogP contribution in [0.15, 0.2) is 24.3 Å². The van der Waals surface area contributed by atoms with E-state index in [1.807, 2.05) is 37.1 Å². The predicted octanol–water partition coefficient (Wildman–Crippen LogP) is 1.81. The minimum absolute atomic E-state index is 0.109. The van der Waals surface area contributed by atoms with Crippen molar-refractivity contribution in [1.82, 2.24) is 4.90 Å². The Morgan fingerprint density at radius 2 is 1.89 bits per heavy atom. The van der Waals surface area contributed by atoms with Crippen molar-refractivity contribution in [3.63, 3.8) is 0 Å². The van der Waals surface area contributed by atoms with Gasteiger partial charge in [0.25, 0.3) is 0 Å². The second kappa shape index (κ2) is 6.18. The molecule has 0 saturated carbocycles. The molecule has 5 heteroatoms. The van der Waals surface area contributed by atoms with Crippen molar-refractivity contribution in [3.8, 4) is 6.07 Å². The fourth-order valence-electron chi connectivity index (χ4n) is 1.90. The van der Waals surface area contributed by atoms with Crippen molar-refractivity contribution in [2.45, 2.75) is 31.7 Å². The molecule has 0 aliphatic heterocycles. The van der Waals surface area contributed by atoms with Crippen LogP contribution in [0.2, 0.25) is 0 Å². The van der Waals surface area contributed by atoms with E-state index in [9.17, 15) is 8.42 Å². The second-order valence-electron chi connectivity index (χ2n) is 4.96. The van der Waals surface area contributed by atoms with Crippen LogP contribution in [0.1, 0.15) is 25.0 Å². The highest BCUT2D eigenvalue weighted by atomic mass is 32.2. The van der Waals surface area contributed by atoms with Gasteiger partial charge in [-0.25, -0.2) is 8.42 Å². The molecule has 0 aromatic heterocycles. The lowest BCUT2D eigenvalue weighted by Crippen LogP contribution is -2.41. The summed E-state index contributed by atoms with van der Waals surface area (Å²) in [6, 6.07) is 9.42. The molecule has 0 fully saturated rings. The van der Waals surface area contributed by atoms with Gasteiger partial charge in [0.05, 0.1) is 16.9 Å². The summed E-state index contributed by atoms with van der Waals surface area (Å²) >= 11 is 0. The van der Waals surface area contributed by atoms with E-state index in [0.29, 0.717) is 12.1 Å². The van der Waals surface area contributed by atoms with E-state index >= 15 is 0 Å². The lowest BCUT2D eigenvalue weighted by atomic mass is 10.1. The van der Waals surface area contributed by atoms with Gasteiger partial charge in [-0.15, -0.1) is 0 Å². The Kier molecular flexibility index (Phi) is 5.10. The first-order valence-corrected chi connectivity index (χ1v) is 8.10. The third-order valence-electron chi connectivity index (χ3n) is 3.61. The number of benzene rings is 1. The van der Waals surface area contributed by atoms with Crippen LogP contribution >= 0.6 is 0 Å². The fraction of sp³-hybridized carbons (Fsp3) is 0.500. The number of nitriles is 1. The van der Waals surface area contributed by atoms with Crippen LogP contribution in [0.3, 0.4) is 0 Å². The minimum atomic E-state index is -3.06. The third-order valence-corrected chi connectivity index (χ3v) is 5.35. The van der Waals surface area contributed by atoms with Crippen LogP contribution in [0.5, 0.6) is 0 Å². The molecule has 2 unspecified atom stereocenters. The first kappa shape index (κ1) is 15.7. The molecule has 0 aliphatic rings. The molecule has 0 N–H and O–H groups in total. The molecule has 19 heavy (non-hydrogen) atoms. The Morgan fingerprint density at radius 3 is 2.42 bits per heavy atom. The number of sulfone groups is 1. The lowest BCUT2D eigenvalue weighted by molar-refractivity contribution is 0.245. The van der Waals surface area contributed by atoms with Crippen molar-refractivity contribution in [1.29, 1.82) is 5.26 Å². The highest BCUT2D eigenvalue weighted by Gasteiger charge is 2.25. The lowest BCUT2D eigenvalue weighted by Gasteiger charge is -2.29. The Balaban J connectivity index is 2.86. The van der Waals surface area contributed by atoms with Crippen molar-refractivity contribution in [2.24, 2.45) is 0 Å². The van der Waals surface area contributed by atoms with E-state index in [1.165, 1.54) is 6.26 Å². The van der Waals surface area contributed by atoms with Gasteiger partial charge in [-0.05, 0) is 32.5 Å². The fourth-order valence-corrected chi connectivity index (χ4v) is 2.82. The SMILES string of the molecule is CC(C(C)S(C)(=O)=O)N(C)Cc1ccccc1C#N. The Morgan fingerprint density at radius 1 is 1.32 bits per heavy atom. The summed E-state index contributed by atoms with van der Waals surface area (Å²) in [4.78, 5) is 1.96. The third kappa shape index (κ3) is 4.05. The second-order valence-corrected chi connectivity index (χ2v) is 7.36. The summed E-state index contributed by atoms with van der Waals surface area (Å²) in [6.07, 6.45) is 1.26. The van der Waals surface area contributed by atoms with E-state index in [2.05, 4.69) is 6.07 Å². The van der Waals surface area contributed by atoms with E-state index in [1.54, 1.807) is 13.0 Å². The molecule has 1 aromatic rings. The van der Waals surface area contributed by atoms with Gasteiger partial charge < -0.3 is 0 Å². The molecule has 0 amide bonds. The molecule has 0 saturated heterocycles. The normalized spacial score (nSPS) is 14.9. The molecule has 0 radical (unpaired) electrons. The summed E-state index contributed by atoms with van der Waals surface area (Å²) in [5, 5.41) is 8.61. The number of nitrogens with zero attached hydrogens (tertiary/aromatic N) is 2. The minimum Gasteiger partial charge on any atom is -0.298 e. The van der Waals surface area contributed by atoms with Gasteiger partial charge in [-0.1, -0.05) is 18.2 Å². The summed E-state index contributed by atoms with van der Waals surface area (Å²) < 4.78 is 23.1. The number of hydrogen-bond acceptors (Lipinski definition) is 4. The molecular weight excluding hydrogens is 260 g/mol. The maximum Gasteiger partial charge on any atom is 0.151 e. The van der Waals surface area contributed by atoms with Crippen LogP contribution in [-0.4, -0.2) is 37.9 Å². The van der Waals surface area contributed by atoms with Crippen LogP contribution in [-0.2, 0) is 16.4 Å². The molecule has 1 aromatic carbocycles. The Labute approximate surface area is 115 Å². The predicted molar refractivity (Wildman–Crippen MR) is 76.4 cm³/mol. The van der Waals surface area contributed by atoms with Crippen molar-refractivity contribution >= 4 is 9.84 Å². The van der Waals surface area contributed by atoms with Gasteiger partial charge in [0, 0.05) is 18.8 Å². The summed E-state index contributed by atoms with van der Waals surface area (Å²) in [7, 11) is -1.19. The topological polar surface area (TPSA) is 61.2 Å². The van der Waals surface area contributed by atoms with Gasteiger partial charge in [0.1, 0.15) is 0 Å². The average molecular weight is 280 g/mol. The molecule has 0 heterocycles. The van der Waals surface area contributed by atoms with Crippen LogP contribution in [0.4, 0.5) is 0 Å². The van der Waals surface area contributed by atoms with Crippen molar-refractivity contribution < 1.29 is 8.42 Å². The Hall–Kier alpha value is -1.38. The smallest absolute Gasteiger partial charge is 0.151 e. The monoisotopic (exact) mass is 280 g/mol. The van der Waals surface area contributed by atoms with Crippen molar-refractivity contribution in [3.05, 3.63) is 35.4 Å². The van der Waals surface area contributed by atoms with Gasteiger partial charge in [-0.3, -0.25) is 4.90 Å². The zero-order valence-electron chi connectivity index (χ0n) is 11.8. The zero-order chi connectivity index (χ0) is 14.6. The highest BCUT2D eigenvalue weighted by molar-refractivity contribution is 7.91. The summed E-state index contributed by atoms with van der Waals surface area (Å²) in [6.45, 7) is 4.16. The van der Waals surface area contributed by atoms with E-state index in [-0.39, 0.29) is 6.04 Å². The van der Waals surface area contributed by atoms with Gasteiger partial charge in [0.15, 0.2) is 9.84 Å². The molecule has 104 valence electrons. The van der Waals surface area contributed by atoms with Gasteiger partial charge in [-0.2, -0.15) is 5.26 Å². The quantitative estimate of drug-likeness (QED) is 0.825. The molecule has 2 atom stereocenters. The van der Waals surface area contributed by atoms with E-state index < -0.39 is 15.1 Å². The van der Waals surface area contributed by atoms with Crippen LogP contribution in [0.25, 0.3) is 0 Å². The molecule has 0 spiro atoms. The average Bonchev–Trinajstić information content (AvgIpc) is 2.36. The number of rotatable bonds is 5. The standard InChI is InChI=1S/C14H20N2O2S/c1-11(12(2)19(4,17)18)16(3)10-14-8-6-5-7-13(14)9-15/h5-8,11-12H,10H2,1-4H3. The van der Waals surface area contributed by atoms with Gasteiger partial charge >= 0.3 is 0 Å². The molecular formula is C14H20N2O2S. The van der Waals surface area contributed by atoms with Crippen molar-refractivity contribution in [2.75, 3.05) is 13.3 Å². The summed E-state index contributed by atoms with van der Waals surface area (Å²) in [5.41, 5.74) is 1.55. The zero-order valence-corrected chi connectivity index (χ0v) is 12.6. The molecule has 1 rings (SSSR count). The van der Waals surface area contributed by atoms with Crippen LogP contribution < -0.4 is 0 Å². The maximum atomic E-state index is 11.6. The summed E-state index contributed by atoms with van der Waals surface area (Å²) in [5.74, 6) is 0. The molecule has 4 nitrogen and oxygen atoms in total. The van der Waals surface area contributed by atoms with Crippen LogP contribution in [0, 0.1) is 11.3 Å². The largest absolute Gasteiger partial charge is 0.298 e. The number of hydrogen-bond donors (Lipinski definition) is 0. The Bertz CT molecular complexity index is 575. The van der Waals surface area contributed by atoms with E-state index in [0.717, 1.165) is 5.56 Å². The van der Waals surface area contributed by atoms with Gasteiger partial charge in [0.2, 0.25) is 0 Å².